The Morgan fingerprint density at radius 1 is 0.783 bits per heavy atom. The molecule has 6 nitrogen and oxygen atoms in total. The van der Waals surface area contributed by atoms with Gasteiger partial charge in [-0.15, -0.1) is 20.4 Å². The fourth-order valence-corrected chi connectivity index (χ4v) is 4.58. The SMILES string of the molecule is Cn1c(SCCCSc2nnc(C3CC3)n2C)nnc1C1CC1. The summed E-state index contributed by atoms with van der Waals surface area (Å²) in [5, 5.41) is 19.4. The number of rotatable bonds is 8. The van der Waals surface area contributed by atoms with Crippen molar-refractivity contribution in [3.8, 4) is 0 Å². The van der Waals surface area contributed by atoms with Crippen LogP contribution in [0.25, 0.3) is 0 Å². The second-order valence-corrected chi connectivity index (χ2v) is 8.52. The fourth-order valence-electron chi connectivity index (χ4n) is 2.68. The van der Waals surface area contributed by atoms with Gasteiger partial charge in [0.05, 0.1) is 0 Å². The predicted molar refractivity (Wildman–Crippen MR) is 92.0 cm³/mol. The van der Waals surface area contributed by atoms with Gasteiger partial charge >= 0.3 is 0 Å². The van der Waals surface area contributed by atoms with Gasteiger partial charge in [-0.2, -0.15) is 0 Å². The third-order valence-corrected chi connectivity index (χ3v) is 6.59. The third kappa shape index (κ3) is 3.42. The van der Waals surface area contributed by atoms with E-state index in [4.69, 9.17) is 0 Å². The second-order valence-electron chi connectivity index (χ2n) is 6.40. The lowest BCUT2D eigenvalue weighted by Gasteiger charge is -2.04. The van der Waals surface area contributed by atoms with Gasteiger partial charge in [-0.3, -0.25) is 0 Å². The largest absolute Gasteiger partial charge is 0.309 e. The molecule has 0 atom stereocenters. The highest BCUT2D eigenvalue weighted by Gasteiger charge is 2.30. The molecular formula is C15H22N6S2. The van der Waals surface area contributed by atoms with Gasteiger partial charge in [-0.25, -0.2) is 0 Å². The summed E-state index contributed by atoms with van der Waals surface area (Å²) >= 11 is 3.61. The number of aromatic nitrogens is 6. The molecule has 124 valence electrons. The standard InChI is InChI=1S/C15H22N6S2/c1-20-12(10-4-5-10)16-18-14(20)22-8-3-9-23-15-19-17-13(21(15)2)11-6-7-11/h10-11H,3-9H2,1-2H3. The van der Waals surface area contributed by atoms with Crippen molar-refractivity contribution in [1.82, 2.24) is 29.5 Å². The van der Waals surface area contributed by atoms with Crippen LogP contribution in [0.15, 0.2) is 10.3 Å². The molecule has 0 radical (unpaired) electrons. The molecule has 2 aliphatic rings. The van der Waals surface area contributed by atoms with Crippen LogP contribution in [0.2, 0.25) is 0 Å². The van der Waals surface area contributed by atoms with Crippen LogP contribution in [0.3, 0.4) is 0 Å². The molecule has 0 bridgehead atoms. The highest BCUT2D eigenvalue weighted by molar-refractivity contribution is 8.00. The fraction of sp³-hybridized carbons (Fsp3) is 0.733. The molecular weight excluding hydrogens is 328 g/mol. The van der Waals surface area contributed by atoms with Gasteiger partial charge < -0.3 is 9.13 Å². The smallest absolute Gasteiger partial charge is 0.190 e. The molecule has 23 heavy (non-hydrogen) atoms. The Labute approximate surface area is 144 Å². The van der Waals surface area contributed by atoms with Crippen LogP contribution in [0.1, 0.15) is 55.6 Å². The maximum atomic E-state index is 4.33. The van der Waals surface area contributed by atoms with E-state index in [0.29, 0.717) is 11.8 Å². The van der Waals surface area contributed by atoms with Crippen LogP contribution < -0.4 is 0 Å². The van der Waals surface area contributed by atoms with Crippen LogP contribution in [0, 0.1) is 0 Å². The summed E-state index contributed by atoms with van der Waals surface area (Å²) in [7, 11) is 4.17. The van der Waals surface area contributed by atoms with E-state index in [0.717, 1.165) is 39.9 Å². The topological polar surface area (TPSA) is 61.4 Å². The minimum absolute atomic E-state index is 0.661. The highest BCUT2D eigenvalue weighted by atomic mass is 32.2. The van der Waals surface area contributed by atoms with Crippen molar-refractivity contribution in [3.63, 3.8) is 0 Å². The van der Waals surface area contributed by atoms with E-state index >= 15 is 0 Å². The van der Waals surface area contributed by atoms with Crippen LogP contribution >= 0.6 is 23.5 Å². The van der Waals surface area contributed by atoms with Gasteiger partial charge in [-0.1, -0.05) is 23.5 Å². The van der Waals surface area contributed by atoms with Crippen LogP contribution in [-0.2, 0) is 14.1 Å². The van der Waals surface area contributed by atoms with Crippen LogP contribution in [0.5, 0.6) is 0 Å². The zero-order valence-electron chi connectivity index (χ0n) is 13.6. The molecule has 2 fully saturated rings. The number of hydrogen-bond donors (Lipinski definition) is 0. The molecule has 2 aliphatic carbocycles. The molecule has 0 N–H and O–H groups in total. The van der Waals surface area contributed by atoms with E-state index in [1.807, 2.05) is 0 Å². The van der Waals surface area contributed by atoms with E-state index in [2.05, 4.69) is 43.6 Å². The monoisotopic (exact) mass is 350 g/mol. The first kappa shape index (κ1) is 15.5. The van der Waals surface area contributed by atoms with Gasteiger partial charge in [0.25, 0.3) is 0 Å². The molecule has 2 aromatic heterocycles. The molecule has 0 unspecified atom stereocenters. The van der Waals surface area contributed by atoms with Gasteiger partial charge in [0.1, 0.15) is 11.6 Å². The van der Waals surface area contributed by atoms with Crippen molar-refractivity contribution in [2.24, 2.45) is 14.1 Å². The van der Waals surface area contributed by atoms with E-state index < -0.39 is 0 Å². The maximum absolute atomic E-state index is 4.33. The first-order valence-corrected chi connectivity index (χ1v) is 10.3. The summed E-state index contributed by atoms with van der Waals surface area (Å²) in [5.74, 6) is 5.78. The van der Waals surface area contributed by atoms with E-state index in [9.17, 15) is 0 Å². The molecule has 0 aromatic carbocycles. The number of thioether (sulfide) groups is 2. The van der Waals surface area contributed by atoms with Crippen molar-refractivity contribution < 1.29 is 0 Å². The first-order valence-electron chi connectivity index (χ1n) is 8.28. The maximum Gasteiger partial charge on any atom is 0.190 e. The molecule has 0 saturated heterocycles. The van der Waals surface area contributed by atoms with Gasteiger partial charge in [0, 0.05) is 37.4 Å². The van der Waals surface area contributed by atoms with E-state index in [-0.39, 0.29) is 0 Å². The Balaban J connectivity index is 1.21. The Bertz CT molecular complexity index is 628. The Hall–Kier alpha value is -1.02. The first-order chi connectivity index (χ1) is 11.2. The molecule has 2 saturated carbocycles. The molecule has 4 rings (SSSR count). The minimum Gasteiger partial charge on any atom is -0.309 e. The van der Waals surface area contributed by atoms with Crippen molar-refractivity contribution >= 4 is 23.5 Å². The lowest BCUT2D eigenvalue weighted by atomic mass is 10.4. The summed E-state index contributed by atoms with van der Waals surface area (Å²) in [6.07, 6.45) is 6.22. The van der Waals surface area contributed by atoms with Gasteiger partial charge in [-0.05, 0) is 32.1 Å². The number of hydrogen-bond acceptors (Lipinski definition) is 6. The molecule has 8 heteroatoms. The average Bonchev–Trinajstić information content (AvgIpc) is 3.46. The van der Waals surface area contributed by atoms with Crippen molar-refractivity contribution in [2.75, 3.05) is 11.5 Å². The normalized spacial score (nSPS) is 17.8. The molecule has 2 aromatic rings. The summed E-state index contributed by atoms with van der Waals surface area (Å²) in [6, 6.07) is 0. The van der Waals surface area contributed by atoms with E-state index in [1.54, 1.807) is 23.5 Å². The number of nitrogens with zero attached hydrogens (tertiary/aromatic N) is 6. The molecule has 0 amide bonds. The third-order valence-electron chi connectivity index (χ3n) is 4.37. The van der Waals surface area contributed by atoms with Crippen molar-refractivity contribution in [2.45, 2.75) is 54.3 Å². The van der Waals surface area contributed by atoms with Crippen molar-refractivity contribution in [1.29, 1.82) is 0 Å². The van der Waals surface area contributed by atoms with Crippen LogP contribution in [-0.4, -0.2) is 41.0 Å². The zero-order chi connectivity index (χ0) is 15.8. The molecule has 0 spiro atoms. The second kappa shape index (κ2) is 6.47. The molecule has 2 heterocycles. The Kier molecular flexibility index (Phi) is 4.36. The average molecular weight is 351 g/mol. The lowest BCUT2D eigenvalue weighted by molar-refractivity contribution is 0.735. The summed E-state index contributed by atoms with van der Waals surface area (Å²) in [5.41, 5.74) is 0. The Morgan fingerprint density at radius 3 is 1.61 bits per heavy atom. The summed E-state index contributed by atoms with van der Waals surface area (Å²) < 4.78 is 4.33. The minimum atomic E-state index is 0.661. The lowest BCUT2D eigenvalue weighted by Crippen LogP contribution is -1.98. The van der Waals surface area contributed by atoms with Crippen LogP contribution in [0.4, 0.5) is 0 Å². The quantitative estimate of drug-likeness (QED) is 0.539. The highest BCUT2D eigenvalue weighted by Crippen LogP contribution is 2.40. The van der Waals surface area contributed by atoms with E-state index in [1.165, 1.54) is 25.7 Å². The summed E-state index contributed by atoms with van der Waals surface area (Å²) in [4.78, 5) is 0. The van der Waals surface area contributed by atoms with Gasteiger partial charge in [0.15, 0.2) is 10.3 Å². The Morgan fingerprint density at radius 2 is 1.22 bits per heavy atom. The predicted octanol–water partition coefficient (Wildman–Crippen LogP) is 2.97. The zero-order valence-corrected chi connectivity index (χ0v) is 15.2. The van der Waals surface area contributed by atoms with Gasteiger partial charge in [0.2, 0.25) is 0 Å². The molecule has 0 aliphatic heterocycles. The van der Waals surface area contributed by atoms with Crippen molar-refractivity contribution in [3.05, 3.63) is 11.6 Å². The summed E-state index contributed by atoms with van der Waals surface area (Å²) in [6.45, 7) is 0.